The van der Waals surface area contributed by atoms with Crippen LogP contribution in [0.4, 0.5) is 0 Å². The largest absolute Gasteiger partial charge is 0.543 e. The Labute approximate surface area is 207 Å². The molecule has 0 radical (unpaired) electrons. The molecule has 0 aliphatic rings. The molecule has 8 nitrogen and oxygen atoms in total. The van der Waals surface area contributed by atoms with Crippen LogP contribution in [0.5, 0.6) is 11.5 Å². The maximum absolute atomic E-state index is 13.1. The summed E-state index contributed by atoms with van der Waals surface area (Å²) in [6.07, 6.45) is 1.54. The van der Waals surface area contributed by atoms with E-state index in [0.717, 1.165) is 5.56 Å². The van der Waals surface area contributed by atoms with Gasteiger partial charge in [0.25, 0.3) is 0 Å². The predicted molar refractivity (Wildman–Crippen MR) is 138 cm³/mol. The lowest BCUT2D eigenvalue weighted by atomic mass is 10.0. The molecule has 2 aromatic rings. The van der Waals surface area contributed by atoms with Gasteiger partial charge in [0.15, 0.2) is 5.82 Å². The highest BCUT2D eigenvalue weighted by molar-refractivity contribution is 7.98. The molecule has 0 spiro atoms. The second-order valence-electron chi connectivity index (χ2n) is 9.61. The quantitative estimate of drug-likeness (QED) is 0.244. The van der Waals surface area contributed by atoms with Gasteiger partial charge < -0.3 is 24.2 Å². The SMILES string of the molecule is C=CCOC(=O)c1c(C)c(OC)cc(O[Si](C)(C)C(C)(C)C)c1CSCC(N)c1nc(C)no1. The van der Waals surface area contributed by atoms with Crippen molar-refractivity contribution in [3.63, 3.8) is 0 Å². The van der Waals surface area contributed by atoms with Gasteiger partial charge in [-0.05, 0) is 32.0 Å². The van der Waals surface area contributed by atoms with Gasteiger partial charge in [-0.15, -0.1) is 0 Å². The molecule has 1 unspecified atom stereocenters. The number of thioether (sulfide) groups is 1. The van der Waals surface area contributed by atoms with E-state index in [9.17, 15) is 4.79 Å². The predicted octanol–water partition coefficient (Wildman–Crippen LogP) is 5.36. The Morgan fingerprint density at radius 1 is 1.32 bits per heavy atom. The Kier molecular flexibility index (Phi) is 9.38. The Morgan fingerprint density at radius 2 is 2.00 bits per heavy atom. The first-order valence-corrected chi connectivity index (χ1v) is 15.2. The third kappa shape index (κ3) is 6.64. The van der Waals surface area contributed by atoms with Crippen LogP contribution in [-0.2, 0) is 10.5 Å². The number of carbonyl (C=O) groups excluding carboxylic acids is 1. The zero-order valence-corrected chi connectivity index (χ0v) is 23.3. The van der Waals surface area contributed by atoms with Crippen LogP contribution in [-0.4, -0.2) is 43.9 Å². The monoisotopic (exact) mass is 507 g/mol. The molecule has 10 heteroatoms. The summed E-state index contributed by atoms with van der Waals surface area (Å²) < 4.78 is 22.9. The van der Waals surface area contributed by atoms with Gasteiger partial charge in [0.05, 0.1) is 18.7 Å². The molecule has 0 amide bonds. The molecule has 2 rings (SSSR count). The van der Waals surface area contributed by atoms with Crippen LogP contribution < -0.4 is 14.9 Å². The number of hydrogen-bond donors (Lipinski definition) is 1. The van der Waals surface area contributed by atoms with E-state index in [1.54, 1.807) is 31.9 Å². The van der Waals surface area contributed by atoms with Gasteiger partial charge in [0.1, 0.15) is 18.1 Å². The molecule has 188 valence electrons. The minimum absolute atomic E-state index is 0.0305. The van der Waals surface area contributed by atoms with Crippen molar-refractivity contribution in [2.24, 2.45) is 5.73 Å². The number of esters is 1. The Morgan fingerprint density at radius 3 is 2.53 bits per heavy atom. The number of benzene rings is 1. The second-order valence-corrected chi connectivity index (χ2v) is 15.4. The Hall–Kier alpha value is -2.30. The maximum Gasteiger partial charge on any atom is 0.339 e. The summed E-state index contributed by atoms with van der Waals surface area (Å²) in [6.45, 7) is 18.2. The first-order chi connectivity index (χ1) is 15.8. The van der Waals surface area contributed by atoms with E-state index in [4.69, 9.17) is 24.2 Å². The number of rotatable bonds is 11. The molecule has 34 heavy (non-hydrogen) atoms. The van der Waals surface area contributed by atoms with E-state index in [1.165, 1.54) is 0 Å². The van der Waals surface area contributed by atoms with Crippen molar-refractivity contribution < 1.29 is 23.2 Å². The van der Waals surface area contributed by atoms with Gasteiger partial charge in [-0.2, -0.15) is 16.7 Å². The molecule has 1 aromatic heterocycles. The number of ether oxygens (including phenoxy) is 2. The normalized spacial score (nSPS) is 12.9. The minimum Gasteiger partial charge on any atom is -0.543 e. The fourth-order valence-corrected chi connectivity index (χ4v) is 5.01. The lowest BCUT2D eigenvalue weighted by Crippen LogP contribution is -2.44. The van der Waals surface area contributed by atoms with Crippen molar-refractivity contribution in [3.8, 4) is 11.5 Å². The Bertz CT molecular complexity index is 1020. The van der Waals surface area contributed by atoms with E-state index >= 15 is 0 Å². The van der Waals surface area contributed by atoms with Crippen molar-refractivity contribution in [1.29, 1.82) is 0 Å². The molecule has 1 heterocycles. The number of aromatic nitrogens is 2. The average molecular weight is 508 g/mol. The van der Waals surface area contributed by atoms with Crippen molar-refractivity contribution in [2.45, 2.75) is 64.5 Å². The van der Waals surface area contributed by atoms with Crippen LogP contribution in [0, 0.1) is 13.8 Å². The number of nitrogens with zero attached hydrogens (tertiary/aromatic N) is 2. The summed E-state index contributed by atoms with van der Waals surface area (Å²) in [7, 11) is -0.635. The molecule has 1 atom stereocenters. The van der Waals surface area contributed by atoms with E-state index in [-0.39, 0.29) is 11.6 Å². The number of nitrogens with two attached hydrogens (primary N) is 1. The number of hydrogen-bond acceptors (Lipinski definition) is 9. The lowest BCUT2D eigenvalue weighted by Gasteiger charge is -2.37. The summed E-state index contributed by atoms with van der Waals surface area (Å²) in [6, 6.07) is 1.45. The molecular weight excluding hydrogens is 470 g/mol. The fraction of sp³-hybridized carbons (Fsp3) is 0.542. The van der Waals surface area contributed by atoms with Crippen LogP contribution in [0.25, 0.3) is 0 Å². The van der Waals surface area contributed by atoms with Gasteiger partial charge in [-0.25, -0.2) is 4.79 Å². The van der Waals surface area contributed by atoms with Crippen LogP contribution in [0.15, 0.2) is 23.2 Å². The zero-order valence-electron chi connectivity index (χ0n) is 21.5. The standard InChI is InChI=1S/C24H37N3O5SSi/c1-10-11-30-23(28)21-15(2)19(29-7)12-20(32-34(8,9)24(4,5)6)17(21)13-33-14-18(25)22-26-16(3)27-31-22/h10,12,18H,1,11,13-14,25H2,2-9H3. The molecular formula is C24H37N3O5SSi. The van der Waals surface area contributed by atoms with Crippen LogP contribution in [0.1, 0.15) is 60.0 Å². The van der Waals surface area contributed by atoms with E-state index in [0.29, 0.717) is 45.8 Å². The van der Waals surface area contributed by atoms with E-state index in [1.807, 2.05) is 13.0 Å². The molecule has 1 aromatic carbocycles. The van der Waals surface area contributed by atoms with E-state index < -0.39 is 20.3 Å². The van der Waals surface area contributed by atoms with Crippen molar-refractivity contribution in [3.05, 3.63) is 47.1 Å². The number of methoxy groups -OCH3 is 1. The first-order valence-electron chi connectivity index (χ1n) is 11.1. The molecule has 0 aliphatic heterocycles. The van der Waals surface area contributed by atoms with Gasteiger partial charge >= 0.3 is 5.97 Å². The maximum atomic E-state index is 13.1. The molecule has 0 fully saturated rings. The number of aryl methyl sites for hydroxylation is 1. The zero-order chi connectivity index (χ0) is 25.7. The van der Waals surface area contributed by atoms with Crippen molar-refractivity contribution in [2.75, 3.05) is 19.5 Å². The smallest absolute Gasteiger partial charge is 0.339 e. The average Bonchev–Trinajstić information content (AvgIpc) is 3.19. The molecule has 0 bridgehead atoms. The van der Waals surface area contributed by atoms with Gasteiger partial charge in [-0.1, -0.05) is 38.6 Å². The summed E-state index contributed by atoms with van der Waals surface area (Å²) >= 11 is 1.56. The van der Waals surface area contributed by atoms with Gasteiger partial charge in [0.2, 0.25) is 14.2 Å². The molecule has 0 saturated carbocycles. The van der Waals surface area contributed by atoms with Crippen LogP contribution >= 0.6 is 11.8 Å². The second kappa shape index (κ2) is 11.4. The fourth-order valence-electron chi connectivity index (χ4n) is 2.97. The molecule has 0 aliphatic carbocycles. The molecule has 2 N–H and O–H groups in total. The highest BCUT2D eigenvalue weighted by atomic mass is 32.2. The topological polar surface area (TPSA) is 110 Å². The highest BCUT2D eigenvalue weighted by Gasteiger charge is 2.40. The summed E-state index contributed by atoms with van der Waals surface area (Å²) in [4.78, 5) is 17.3. The van der Waals surface area contributed by atoms with E-state index in [2.05, 4.69) is 50.6 Å². The minimum atomic E-state index is -2.22. The van der Waals surface area contributed by atoms with Gasteiger partial charge in [-0.3, -0.25) is 0 Å². The third-order valence-electron chi connectivity index (χ3n) is 5.94. The van der Waals surface area contributed by atoms with Crippen LogP contribution in [0.3, 0.4) is 0 Å². The summed E-state index contributed by atoms with van der Waals surface area (Å²) in [5.41, 5.74) is 8.15. The third-order valence-corrected chi connectivity index (χ3v) is 11.4. The lowest BCUT2D eigenvalue weighted by molar-refractivity contribution is 0.0547. The van der Waals surface area contributed by atoms with Gasteiger partial charge in [0, 0.05) is 28.7 Å². The molecule has 0 saturated heterocycles. The summed E-state index contributed by atoms with van der Waals surface area (Å²) in [5, 5.41) is 3.77. The summed E-state index contributed by atoms with van der Waals surface area (Å²) in [5.74, 6) is 2.70. The van der Waals surface area contributed by atoms with Crippen molar-refractivity contribution in [1.82, 2.24) is 10.1 Å². The highest BCUT2D eigenvalue weighted by Crippen LogP contribution is 2.42. The first kappa shape index (κ1) is 27.9. The number of carbonyl (C=O) groups is 1. The van der Waals surface area contributed by atoms with Crippen molar-refractivity contribution >= 4 is 26.0 Å². The van der Waals surface area contributed by atoms with Crippen LogP contribution in [0.2, 0.25) is 18.1 Å². The Balaban J connectivity index is 2.47.